The lowest BCUT2D eigenvalue weighted by molar-refractivity contribution is -0.149. The molecule has 2 aliphatic rings. The Morgan fingerprint density at radius 2 is 1.63 bits per heavy atom. The van der Waals surface area contributed by atoms with Gasteiger partial charge in [-0.15, -0.1) is 0 Å². The zero-order valence-electron chi connectivity index (χ0n) is 21.0. The van der Waals surface area contributed by atoms with Crippen LogP contribution in [0.1, 0.15) is 51.7 Å². The molecule has 3 atom stereocenters. The summed E-state index contributed by atoms with van der Waals surface area (Å²) < 4.78 is 5.66. The first-order valence-electron chi connectivity index (χ1n) is 12.1. The van der Waals surface area contributed by atoms with E-state index in [0.29, 0.717) is 6.54 Å². The quantitative estimate of drug-likeness (QED) is 0.659. The van der Waals surface area contributed by atoms with Crippen LogP contribution in [-0.4, -0.2) is 53.7 Å². The molecule has 2 aromatic carbocycles. The summed E-state index contributed by atoms with van der Waals surface area (Å²) in [5.41, 5.74) is 2.91. The number of ether oxygens (including phenoxy) is 1. The molecule has 1 aliphatic heterocycles. The van der Waals surface area contributed by atoms with Crippen molar-refractivity contribution in [2.24, 2.45) is 16.7 Å². The molecule has 1 aliphatic carbocycles. The summed E-state index contributed by atoms with van der Waals surface area (Å²) in [4.78, 5) is 39.7. The van der Waals surface area contributed by atoms with Gasteiger partial charge in [-0.2, -0.15) is 0 Å². The highest BCUT2D eigenvalue weighted by molar-refractivity contribution is 5.88. The number of fused-ring (bicyclic) bond motifs is 3. The van der Waals surface area contributed by atoms with Gasteiger partial charge in [0.15, 0.2) is 0 Å². The lowest BCUT2D eigenvalue weighted by Gasteiger charge is -2.33. The van der Waals surface area contributed by atoms with E-state index in [2.05, 4.69) is 29.6 Å². The van der Waals surface area contributed by atoms with Crippen molar-refractivity contribution in [2.45, 2.75) is 46.6 Å². The van der Waals surface area contributed by atoms with Crippen molar-refractivity contribution in [3.63, 3.8) is 0 Å². The Balaban J connectivity index is 1.46. The molecule has 0 radical (unpaired) electrons. The standard InChI is InChI=1S/C28H34N2O5/c1-17-14-30(16-28(17,5)25(32)33)24(31)23(27(2,3)4)29-26(34)35-15-22-20-12-8-6-10-18(20)19-11-7-9-13-21(19)22/h6-13,17,22-23H,14-16H2,1-5H3,(H,29,34)(H,32,33)/t17-,23?,28-/m1/s1. The van der Waals surface area contributed by atoms with Gasteiger partial charge in [-0.05, 0) is 40.5 Å². The molecule has 0 saturated carbocycles. The van der Waals surface area contributed by atoms with Gasteiger partial charge in [0.05, 0.1) is 5.41 Å². The molecular formula is C28H34N2O5. The Bertz CT molecular complexity index is 1110. The van der Waals surface area contributed by atoms with Crippen LogP contribution in [0.15, 0.2) is 48.5 Å². The number of hydrogen-bond donors (Lipinski definition) is 2. The molecule has 1 unspecified atom stereocenters. The van der Waals surface area contributed by atoms with E-state index in [1.54, 1.807) is 11.8 Å². The minimum absolute atomic E-state index is 0.0763. The van der Waals surface area contributed by atoms with Crippen LogP contribution in [0.3, 0.4) is 0 Å². The predicted molar refractivity (Wildman–Crippen MR) is 133 cm³/mol. The number of carbonyl (C=O) groups is 3. The van der Waals surface area contributed by atoms with Gasteiger partial charge in [-0.1, -0.05) is 76.2 Å². The lowest BCUT2D eigenvalue weighted by Crippen LogP contribution is -2.54. The Hall–Kier alpha value is -3.35. The first-order valence-corrected chi connectivity index (χ1v) is 12.1. The van der Waals surface area contributed by atoms with E-state index < -0.39 is 28.9 Å². The second kappa shape index (κ2) is 9.02. The van der Waals surface area contributed by atoms with Gasteiger partial charge in [-0.25, -0.2) is 4.79 Å². The third-order valence-corrected chi connectivity index (χ3v) is 7.62. The molecule has 0 spiro atoms. The molecule has 1 fully saturated rings. The second-order valence-corrected chi connectivity index (χ2v) is 11.1. The number of carboxylic acid groups (broad SMARTS) is 1. The van der Waals surface area contributed by atoms with E-state index in [4.69, 9.17) is 4.74 Å². The number of likely N-dealkylation sites (tertiary alicyclic amines) is 1. The van der Waals surface area contributed by atoms with E-state index in [-0.39, 0.29) is 30.9 Å². The number of aliphatic carboxylic acids is 1. The van der Waals surface area contributed by atoms with Crippen LogP contribution in [0.5, 0.6) is 0 Å². The van der Waals surface area contributed by atoms with Crippen LogP contribution in [0.2, 0.25) is 0 Å². The maximum atomic E-state index is 13.4. The number of nitrogens with zero attached hydrogens (tertiary/aromatic N) is 1. The average Bonchev–Trinajstić information content (AvgIpc) is 3.30. The fourth-order valence-electron chi connectivity index (χ4n) is 5.18. The monoisotopic (exact) mass is 478 g/mol. The Morgan fingerprint density at radius 3 is 2.11 bits per heavy atom. The van der Waals surface area contributed by atoms with Gasteiger partial charge < -0.3 is 20.1 Å². The normalized spacial score (nSPS) is 22.3. The van der Waals surface area contributed by atoms with Crippen molar-refractivity contribution in [1.82, 2.24) is 10.2 Å². The Morgan fingerprint density at radius 1 is 1.09 bits per heavy atom. The number of rotatable bonds is 5. The number of hydrogen-bond acceptors (Lipinski definition) is 4. The number of carbonyl (C=O) groups excluding carboxylic acids is 2. The summed E-state index contributed by atoms with van der Waals surface area (Å²) in [6.45, 7) is 9.72. The first kappa shape index (κ1) is 24.8. The molecule has 35 heavy (non-hydrogen) atoms. The highest BCUT2D eigenvalue weighted by Crippen LogP contribution is 2.44. The SMILES string of the molecule is C[C@@H]1CN(C(=O)C(NC(=O)OCC2c3ccccc3-c3ccccc32)C(C)(C)C)C[C@@]1(C)C(=O)O. The number of alkyl carbamates (subject to hydrolysis) is 1. The zero-order valence-corrected chi connectivity index (χ0v) is 21.0. The number of amides is 2. The summed E-state index contributed by atoms with van der Waals surface area (Å²) in [6, 6.07) is 15.4. The molecule has 1 heterocycles. The largest absolute Gasteiger partial charge is 0.481 e. The topological polar surface area (TPSA) is 95.9 Å². The summed E-state index contributed by atoms with van der Waals surface area (Å²) in [5, 5.41) is 12.4. The highest BCUT2D eigenvalue weighted by atomic mass is 16.5. The predicted octanol–water partition coefficient (Wildman–Crippen LogP) is 4.51. The highest BCUT2D eigenvalue weighted by Gasteiger charge is 2.50. The van der Waals surface area contributed by atoms with E-state index in [1.807, 2.05) is 52.0 Å². The van der Waals surface area contributed by atoms with Gasteiger partial charge in [0, 0.05) is 19.0 Å². The second-order valence-electron chi connectivity index (χ2n) is 11.1. The number of carboxylic acids is 1. The molecule has 0 bridgehead atoms. The molecular weight excluding hydrogens is 444 g/mol. The van der Waals surface area contributed by atoms with Crippen molar-refractivity contribution in [3.8, 4) is 11.1 Å². The minimum atomic E-state index is -1.01. The minimum Gasteiger partial charge on any atom is -0.481 e. The van der Waals surface area contributed by atoms with E-state index in [9.17, 15) is 19.5 Å². The van der Waals surface area contributed by atoms with E-state index in [0.717, 1.165) is 22.3 Å². The maximum Gasteiger partial charge on any atom is 0.407 e. The number of benzene rings is 2. The van der Waals surface area contributed by atoms with Crippen LogP contribution in [0, 0.1) is 16.7 Å². The van der Waals surface area contributed by atoms with Crippen LogP contribution < -0.4 is 5.32 Å². The molecule has 4 rings (SSSR count). The molecule has 1 saturated heterocycles. The molecule has 0 aromatic heterocycles. The molecule has 186 valence electrons. The van der Waals surface area contributed by atoms with Crippen molar-refractivity contribution >= 4 is 18.0 Å². The molecule has 2 aromatic rings. The third kappa shape index (κ3) is 4.51. The summed E-state index contributed by atoms with van der Waals surface area (Å²) in [6.07, 6.45) is -0.659. The van der Waals surface area contributed by atoms with Gasteiger partial charge >= 0.3 is 12.1 Å². The van der Waals surface area contributed by atoms with Crippen molar-refractivity contribution in [3.05, 3.63) is 59.7 Å². The molecule has 7 nitrogen and oxygen atoms in total. The summed E-state index contributed by atoms with van der Waals surface area (Å²) >= 11 is 0. The van der Waals surface area contributed by atoms with Gasteiger partial charge in [0.1, 0.15) is 12.6 Å². The van der Waals surface area contributed by atoms with Crippen LogP contribution in [0.4, 0.5) is 4.79 Å². The van der Waals surface area contributed by atoms with Crippen LogP contribution >= 0.6 is 0 Å². The van der Waals surface area contributed by atoms with E-state index >= 15 is 0 Å². The smallest absolute Gasteiger partial charge is 0.407 e. The van der Waals surface area contributed by atoms with Crippen LogP contribution in [0.25, 0.3) is 11.1 Å². The maximum absolute atomic E-state index is 13.4. The van der Waals surface area contributed by atoms with Crippen molar-refractivity contribution in [1.29, 1.82) is 0 Å². The van der Waals surface area contributed by atoms with Gasteiger partial charge in [0.25, 0.3) is 0 Å². The molecule has 2 amide bonds. The average molecular weight is 479 g/mol. The first-order chi connectivity index (χ1) is 16.4. The lowest BCUT2D eigenvalue weighted by atomic mass is 9.81. The fourth-order valence-corrected chi connectivity index (χ4v) is 5.18. The van der Waals surface area contributed by atoms with E-state index in [1.165, 1.54) is 0 Å². The Kier molecular flexibility index (Phi) is 6.38. The number of nitrogens with one attached hydrogen (secondary N) is 1. The van der Waals surface area contributed by atoms with Gasteiger partial charge in [-0.3, -0.25) is 9.59 Å². The molecule has 2 N–H and O–H groups in total. The summed E-state index contributed by atoms with van der Waals surface area (Å²) in [7, 11) is 0. The molecule has 7 heteroatoms. The zero-order chi connectivity index (χ0) is 25.5. The fraction of sp³-hybridized carbons (Fsp3) is 0.464. The van der Waals surface area contributed by atoms with Crippen molar-refractivity contribution < 1.29 is 24.2 Å². The third-order valence-electron chi connectivity index (χ3n) is 7.62. The summed E-state index contributed by atoms with van der Waals surface area (Å²) in [5.74, 6) is -1.48. The van der Waals surface area contributed by atoms with Gasteiger partial charge in [0.2, 0.25) is 5.91 Å². The Labute approximate surface area is 206 Å². The van der Waals surface area contributed by atoms with Crippen molar-refractivity contribution in [2.75, 3.05) is 19.7 Å². The van der Waals surface area contributed by atoms with Crippen LogP contribution in [-0.2, 0) is 14.3 Å².